The molecule has 1 N–H and O–H groups in total. The van der Waals surface area contributed by atoms with Crippen molar-refractivity contribution < 1.29 is 13.2 Å². The standard InChI is InChI=1S/C18H22ClN3O3S/c1-5-22(6-2)26(24,25)16-11-14(7-8-15(16)19)18(23)21-17-10-12(3)9-13(4)20-17/h7-11H,5-6H2,1-4H3,(H,20,21,23). The van der Waals surface area contributed by atoms with Gasteiger partial charge >= 0.3 is 0 Å². The summed E-state index contributed by atoms with van der Waals surface area (Å²) in [5, 5.41) is 2.78. The molecule has 140 valence electrons. The Labute approximate surface area is 159 Å². The van der Waals surface area contributed by atoms with Crippen molar-refractivity contribution in [3.63, 3.8) is 0 Å². The number of aryl methyl sites for hydroxylation is 2. The third-order valence-corrected chi connectivity index (χ3v) is 6.39. The fraction of sp³-hybridized carbons (Fsp3) is 0.333. The lowest BCUT2D eigenvalue weighted by atomic mass is 10.2. The van der Waals surface area contributed by atoms with Crippen LogP contribution in [0.4, 0.5) is 5.82 Å². The second kappa shape index (κ2) is 8.16. The van der Waals surface area contributed by atoms with Gasteiger partial charge < -0.3 is 5.32 Å². The highest BCUT2D eigenvalue weighted by Gasteiger charge is 2.25. The molecule has 0 aliphatic carbocycles. The lowest BCUT2D eigenvalue weighted by Crippen LogP contribution is -2.31. The fourth-order valence-corrected chi connectivity index (χ4v) is 4.60. The number of sulfonamides is 1. The molecule has 6 nitrogen and oxygen atoms in total. The van der Waals surface area contributed by atoms with Crippen LogP contribution in [0.15, 0.2) is 35.2 Å². The minimum Gasteiger partial charge on any atom is -0.307 e. The zero-order valence-corrected chi connectivity index (χ0v) is 16.8. The maximum atomic E-state index is 12.7. The number of hydrogen-bond donors (Lipinski definition) is 1. The first-order valence-electron chi connectivity index (χ1n) is 8.25. The van der Waals surface area contributed by atoms with Gasteiger partial charge in [0.25, 0.3) is 5.91 Å². The van der Waals surface area contributed by atoms with Crippen molar-refractivity contribution in [1.82, 2.24) is 9.29 Å². The topological polar surface area (TPSA) is 79.4 Å². The van der Waals surface area contributed by atoms with Gasteiger partial charge in [0.05, 0.1) is 5.02 Å². The Hall–Kier alpha value is -1.96. The van der Waals surface area contributed by atoms with Crippen LogP contribution < -0.4 is 5.32 Å². The molecule has 1 heterocycles. The molecule has 0 saturated carbocycles. The molecule has 1 aromatic heterocycles. The molecule has 0 bridgehead atoms. The van der Waals surface area contributed by atoms with E-state index in [9.17, 15) is 13.2 Å². The molecule has 0 aliphatic heterocycles. The summed E-state index contributed by atoms with van der Waals surface area (Å²) in [5.74, 6) is -0.0363. The van der Waals surface area contributed by atoms with Gasteiger partial charge in [-0.1, -0.05) is 25.4 Å². The molecular weight excluding hydrogens is 374 g/mol. The molecule has 0 aliphatic rings. The third-order valence-electron chi connectivity index (χ3n) is 3.86. The van der Waals surface area contributed by atoms with Gasteiger partial charge in [-0.2, -0.15) is 4.31 Å². The molecule has 2 rings (SSSR count). The van der Waals surface area contributed by atoms with E-state index in [2.05, 4.69) is 10.3 Å². The maximum Gasteiger partial charge on any atom is 0.256 e. The van der Waals surface area contributed by atoms with Crippen molar-refractivity contribution in [3.05, 3.63) is 52.2 Å². The summed E-state index contributed by atoms with van der Waals surface area (Å²) < 4.78 is 26.8. The van der Waals surface area contributed by atoms with Crippen molar-refractivity contribution in [2.75, 3.05) is 18.4 Å². The highest BCUT2D eigenvalue weighted by atomic mass is 35.5. The number of amides is 1. The van der Waals surface area contributed by atoms with Crippen LogP contribution in [0, 0.1) is 13.8 Å². The first kappa shape index (κ1) is 20.4. The normalized spacial score (nSPS) is 11.6. The summed E-state index contributed by atoms with van der Waals surface area (Å²) in [6.07, 6.45) is 0. The molecule has 0 radical (unpaired) electrons. The van der Waals surface area contributed by atoms with Crippen molar-refractivity contribution in [2.45, 2.75) is 32.6 Å². The van der Waals surface area contributed by atoms with Crippen LogP contribution in [0.2, 0.25) is 5.02 Å². The molecule has 26 heavy (non-hydrogen) atoms. The third kappa shape index (κ3) is 4.41. The van der Waals surface area contributed by atoms with Crippen LogP contribution in [0.25, 0.3) is 0 Å². The summed E-state index contributed by atoms with van der Waals surface area (Å²) in [5.41, 5.74) is 1.94. The lowest BCUT2D eigenvalue weighted by Gasteiger charge is -2.19. The van der Waals surface area contributed by atoms with Crippen LogP contribution >= 0.6 is 11.6 Å². The first-order chi connectivity index (χ1) is 12.2. The van der Waals surface area contributed by atoms with Crippen molar-refractivity contribution in [1.29, 1.82) is 0 Å². The average molecular weight is 396 g/mol. The van der Waals surface area contributed by atoms with Gasteiger partial charge in [0.1, 0.15) is 10.7 Å². The number of benzene rings is 1. The Bertz CT molecular complexity index is 905. The van der Waals surface area contributed by atoms with Gasteiger partial charge in [-0.15, -0.1) is 0 Å². The number of pyridine rings is 1. The van der Waals surface area contributed by atoms with Gasteiger partial charge in [0.2, 0.25) is 10.0 Å². The van der Waals surface area contributed by atoms with E-state index in [1.54, 1.807) is 19.9 Å². The molecule has 1 amide bonds. The quantitative estimate of drug-likeness (QED) is 0.809. The largest absolute Gasteiger partial charge is 0.307 e. The van der Waals surface area contributed by atoms with Gasteiger partial charge in [-0.05, 0) is 49.7 Å². The van der Waals surface area contributed by atoms with E-state index < -0.39 is 15.9 Å². The van der Waals surface area contributed by atoms with E-state index in [1.165, 1.54) is 22.5 Å². The summed E-state index contributed by atoms with van der Waals surface area (Å²) in [4.78, 5) is 16.7. The molecular formula is C18H22ClN3O3S. The van der Waals surface area contributed by atoms with Gasteiger partial charge in [0.15, 0.2) is 0 Å². The predicted octanol–water partition coefficient (Wildman–Crippen LogP) is 3.63. The minimum atomic E-state index is -3.77. The number of nitrogens with zero attached hydrogens (tertiary/aromatic N) is 2. The van der Waals surface area contributed by atoms with E-state index in [0.29, 0.717) is 18.9 Å². The van der Waals surface area contributed by atoms with Gasteiger partial charge in [-0.3, -0.25) is 4.79 Å². The number of carbonyl (C=O) groups is 1. The Morgan fingerprint density at radius 2 is 1.81 bits per heavy atom. The Kier molecular flexibility index (Phi) is 6.39. The highest BCUT2D eigenvalue weighted by molar-refractivity contribution is 7.89. The average Bonchev–Trinajstić information content (AvgIpc) is 2.54. The van der Waals surface area contributed by atoms with E-state index in [0.717, 1.165) is 11.3 Å². The van der Waals surface area contributed by atoms with Crippen LogP contribution in [-0.4, -0.2) is 36.7 Å². The zero-order chi connectivity index (χ0) is 19.5. The Morgan fingerprint density at radius 1 is 1.15 bits per heavy atom. The summed E-state index contributed by atoms with van der Waals surface area (Å²) in [6, 6.07) is 7.85. The number of hydrogen-bond acceptors (Lipinski definition) is 4. The molecule has 0 fully saturated rings. The second-order valence-electron chi connectivity index (χ2n) is 5.86. The van der Waals surface area contributed by atoms with Crippen LogP contribution in [0.3, 0.4) is 0 Å². The molecule has 2 aromatic rings. The van der Waals surface area contributed by atoms with Crippen LogP contribution in [-0.2, 0) is 10.0 Å². The lowest BCUT2D eigenvalue weighted by molar-refractivity contribution is 0.102. The first-order valence-corrected chi connectivity index (χ1v) is 10.1. The molecule has 1 aromatic carbocycles. The number of rotatable bonds is 6. The SMILES string of the molecule is CCN(CC)S(=O)(=O)c1cc(C(=O)Nc2cc(C)cc(C)n2)ccc1Cl. The molecule has 0 unspecified atom stereocenters. The molecule has 0 atom stereocenters. The molecule has 0 saturated heterocycles. The van der Waals surface area contributed by atoms with Crippen molar-refractivity contribution >= 4 is 33.3 Å². The highest BCUT2D eigenvalue weighted by Crippen LogP contribution is 2.26. The van der Waals surface area contributed by atoms with Crippen molar-refractivity contribution in [2.24, 2.45) is 0 Å². The van der Waals surface area contributed by atoms with Crippen LogP contribution in [0.1, 0.15) is 35.5 Å². The number of anilines is 1. The van der Waals surface area contributed by atoms with Gasteiger partial charge in [-0.25, -0.2) is 13.4 Å². The molecule has 0 spiro atoms. The zero-order valence-electron chi connectivity index (χ0n) is 15.2. The molecule has 8 heteroatoms. The predicted molar refractivity (Wildman–Crippen MR) is 103 cm³/mol. The van der Waals surface area contributed by atoms with Crippen LogP contribution in [0.5, 0.6) is 0 Å². The number of nitrogens with one attached hydrogen (secondary N) is 1. The summed E-state index contributed by atoms with van der Waals surface area (Å²) in [6.45, 7) is 7.87. The Morgan fingerprint density at radius 3 is 2.38 bits per heavy atom. The Balaban J connectivity index is 2.38. The number of carbonyl (C=O) groups excluding carboxylic acids is 1. The van der Waals surface area contributed by atoms with E-state index in [4.69, 9.17) is 11.6 Å². The minimum absolute atomic E-state index is 0.0797. The maximum absolute atomic E-state index is 12.7. The number of halogens is 1. The second-order valence-corrected chi connectivity index (χ2v) is 8.17. The monoisotopic (exact) mass is 395 g/mol. The van der Waals surface area contributed by atoms with E-state index in [-0.39, 0.29) is 15.5 Å². The fourth-order valence-electron chi connectivity index (χ4n) is 2.64. The van der Waals surface area contributed by atoms with Crippen molar-refractivity contribution in [3.8, 4) is 0 Å². The number of aromatic nitrogens is 1. The summed E-state index contributed by atoms with van der Waals surface area (Å²) >= 11 is 6.10. The van der Waals surface area contributed by atoms with E-state index >= 15 is 0 Å². The van der Waals surface area contributed by atoms with Gasteiger partial charge in [0, 0.05) is 24.3 Å². The summed E-state index contributed by atoms with van der Waals surface area (Å²) in [7, 11) is -3.77. The smallest absolute Gasteiger partial charge is 0.256 e. The van der Waals surface area contributed by atoms with E-state index in [1.807, 2.05) is 19.9 Å².